The van der Waals surface area contributed by atoms with Gasteiger partial charge in [0.15, 0.2) is 6.17 Å². The second-order valence-corrected chi connectivity index (χ2v) is 20.4. The number of benzodiazepines with no additional fused rings is 2. The Kier molecular flexibility index (Phi) is 20.1. The topological polar surface area (TPSA) is 216 Å². The van der Waals surface area contributed by atoms with Gasteiger partial charge in [-0.15, -0.1) is 0 Å². The number of hydrogen-bond acceptors (Lipinski definition) is 9. The first-order valence-electron chi connectivity index (χ1n) is 26.7. The van der Waals surface area contributed by atoms with Crippen molar-refractivity contribution in [2.45, 2.75) is 108 Å². The van der Waals surface area contributed by atoms with E-state index in [-0.39, 0.29) is 37.3 Å². The van der Waals surface area contributed by atoms with E-state index in [2.05, 4.69) is 20.9 Å². The maximum absolute atomic E-state index is 13.9. The minimum Gasteiger partial charge on any atom is -0.480 e. The maximum atomic E-state index is 13.9. The lowest BCUT2D eigenvalue weighted by atomic mass is 9.80. The van der Waals surface area contributed by atoms with Crippen LogP contribution in [0.4, 0.5) is 28.9 Å². The van der Waals surface area contributed by atoms with E-state index in [1.54, 1.807) is 19.0 Å². The van der Waals surface area contributed by atoms with E-state index in [0.29, 0.717) is 49.9 Å². The zero-order chi connectivity index (χ0) is 57.8. The predicted molar refractivity (Wildman–Crippen MR) is 306 cm³/mol. The van der Waals surface area contributed by atoms with Gasteiger partial charge < -0.3 is 36.6 Å². The largest absolute Gasteiger partial charge is 0.480 e. The number of halogens is 4. The molecule has 2 aliphatic carbocycles. The van der Waals surface area contributed by atoms with Gasteiger partial charge in [0, 0.05) is 48.5 Å². The number of carboxylic acids is 1. The SMILES string of the molecule is C.CN1C(=O)[C@@H](N)N=C(c2ccccc2)c2ccccc21.CN1C(=O)[C@@H](NC(=O)C2(NC(=O)Cc3cc(F)cc(F)c3)CCCCC2)N=C(c2ccccc2)c2ccccc21.O=C(Cc1cc(F)cc(F)c1)NC1(C(=O)O)CCCCC1. The molecule has 428 valence electrons. The summed E-state index contributed by atoms with van der Waals surface area (Å²) in [5.74, 6) is -6.35. The van der Waals surface area contributed by atoms with Crippen LogP contribution >= 0.6 is 0 Å². The van der Waals surface area contributed by atoms with Crippen LogP contribution < -0.4 is 31.5 Å². The second-order valence-electron chi connectivity index (χ2n) is 20.4. The Hall–Kier alpha value is -8.84. The third-order valence-corrected chi connectivity index (χ3v) is 14.7. The number of carboxylic acid groups (broad SMARTS) is 1. The number of benzene rings is 6. The number of carbonyl (C=O) groups excluding carboxylic acids is 5. The van der Waals surface area contributed by atoms with Crippen LogP contribution in [-0.4, -0.2) is 89.5 Å². The molecular weight excluding hydrogens is 1060 g/mol. The number of nitrogens with two attached hydrogens (primary N) is 1. The molecule has 2 fully saturated rings. The first-order valence-corrected chi connectivity index (χ1v) is 26.7. The van der Waals surface area contributed by atoms with Crippen molar-refractivity contribution in [1.82, 2.24) is 16.0 Å². The molecule has 0 spiro atoms. The summed E-state index contributed by atoms with van der Waals surface area (Å²) >= 11 is 0. The highest BCUT2D eigenvalue weighted by molar-refractivity contribution is 6.21. The molecule has 0 unspecified atom stereocenters. The smallest absolute Gasteiger partial charge is 0.329 e. The number of aliphatic carboxylic acids is 1. The molecule has 2 saturated carbocycles. The molecule has 10 rings (SSSR count). The number of anilines is 2. The van der Waals surface area contributed by atoms with Crippen LogP contribution in [0.1, 0.15) is 105 Å². The number of aliphatic imine (C=N–C) groups is 2. The minimum absolute atomic E-state index is 0. The standard InChI is InChI=1S/C31H30F2N4O3.C16H15N3O.C15H17F2NO3.CH4/c1-37-25-13-7-6-12-24(25)27(21-10-4-2-5-11-21)34-28(29(37)39)35-30(40)31(14-8-3-9-15-31)36-26(38)18-20-16-22(32)19-23(33)17-20;1-19-13-10-6-5-9-12(13)14(18-15(17)16(19)20)11-7-3-2-4-8-11;16-11-6-10(7-12(17)9-11)8-13(19)18-15(14(20)21)4-2-1-3-5-15;/h2,4-7,10-13,16-17,19,28H,3,8-9,14-15,18H2,1H3,(H,35,40)(H,36,38);2-10,15H,17H2,1H3;6-7,9H,1-5,8H2,(H,18,19)(H,20,21);1H4/t28-;15-;;/m10../s1. The summed E-state index contributed by atoms with van der Waals surface area (Å²) in [6.07, 6.45) is 3.58. The number of fused-ring (bicyclic) bond motifs is 2. The molecule has 0 saturated heterocycles. The first kappa shape index (κ1) is 60.8. The van der Waals surface area contributed by atoms with E-state index in [4.69, 9.17) is 10.7 Å². The summed E-state index contributed by atoms with van der Waals surface area (Å²) in [4.78, 5) is 88.3. The van der Waals surface area contributed by atoms with Crippen molar-refractivity contribution in [3.05, 3.63) is 202 Å². The Labute approximate surface area is 473 Å². The van der Waals surface area contributed by atoms with Crippen LogP contribution in [0.15, 0.2) is 156 Å². The Morgan fingerprint density at radius 3 is 1.37 bits per heavy atom. The molecule has 4 aliphatic rings. The highest BCUT2D eigenvalue weighted by Crippen LogP contribution is 2.33. The summed E-state index contributed by atoms with van der Waals surface area (Å²) in [7, 11) is 3.37. The third kappa shape index (κ3) is 14.5. The van der Waals surface area contributed by atoms with Crippen molar-refractivity contribution >= 4 is 58.3 Å². The molecular formula is C63H66F4N8O7. The van der Waals surface area contributed by atoms with Crippen molar-refractivity contribution in [3.8, 4) is 0 Å². The molecule has 2 aliphatic heterocycles. The van der Waals surface area contributed by atoms with Crippen molar-refractivity contribution in [1.29, 1.82) is 0 Å². The fraction of sp³-hybridized carbons (Fsp3) is 0.302. The molecule has 0 bridgehead atoms. The lowest BCUT2D eigenvalue weighted by Gasteiger charge is -2.37. The normalized spacial score (nSPS) is 17.8. The van der Waals surface area contributed by atoms with Gasteiger partial charge in [0.1, 0.15) is 34.3 Å². The highest BCUT2D eigenvalue weighted by atomic mass is 19.1. The summed E-state index contributed by atoms with van der Waals surface area (Å²) in [5, 5.41) is 17.6. The third-order valence-electron chi connectivity index (χ3n) is 14.7. The summed E-state index contributed by atoms with van der Waals surface area (Å²) < 4.78 is 53.5. The van der Waals surface area contributed by atoms with Crippen molar-refractivity contribution in [2.24, 2.45) is 15.7 Å². The molecule has 82 heavy (non-hydrogen) atoms. The minimum atomic E-state index is -1.28. The molecule has 5 amide bonds. The van der Waals surface area contributed by atoms with Crippen molar-refractivity contribution in [2.75, 3.05) is 23.9 Å². The van der Waals surface area contributed by atoms with Gasteiger partial charge in [-0.05, 0) is 73.2 Å². The summed E-state index contributed by atoms with van der Waals surface area (Å²) in [6.45, 7) is 0. The zero-order valence-electron chi connectivity index (χ0n) is 44.8. The van der Waals surface area contributed by atoms with E-state index in [0.717, 1.165) is 95.7 Å². The fourth-order valence-electron chi connectivity index (χ4n) is 10.6. The summed E-state index contributed by atoms with van der Waals surface area (Å²) in [5.41, 5.74) is 9.95. The summed E-state index contributed by atoms with van der Waals surface area (Å²) in [6, 6.07) is 40.1. The fourth-order valence-corrected chi connectivity index (χ4v) is 10.6. The molecule has 2 atom stereocenters. The van der Waals surface area contributed by atoms with Gasteiger partial charge in [-0.25, -0.2) is 27.3 Å². The number of rotatable bonds is 11. The van der Waals surface area contributed by atoms with E-state index in [1.165, 1.54) is 4.90 Å². The molecule has 0 aromatic heterocycles. The first-order chi connectivity index (χ1) is 38.8. The molecule has 0 radical (unpaired) electrons. The molecule has 19 heteroatoms. The maximum Gasteiger partial charge on any atom is 0.329 e. The van der Waals surface area contributed by atoms with Crippen LogP contribution in [-0.2, 0) is 41.6 Å². The van der Waals surface area contributed by atoms with Gasteiger partial charge in [0.25, 0.3) is 11.8 Å². The molecule has 15 nitrogen and oxygen atoms in total. The highest BCUT2D eigenvalue weighted by Gasteiger charge is 2.44. The Morgan fingerprint density at radius 1 is 0.549 bits per heavy atom. The zero-order valence-corrected chi connectivity index (χ0v) is 44.8. The van der Waals surface area contributed by atoms with Crippen LogP contribution in [0.25, 0.3) is 0 Å². The van der Waals surface area contributed by atoms with E-state index >= 15 is 0 Å². The van der Waals surface area contributed by atoms with Crippen LogP contribution in [0.3, 0.4) is 0 Å². The number of likely N-dealkylation sites (N-methyl/N-ethyl adjacent to an activating group) is 2. The number of nitrogens with one attached hydrogen (secondary N) is 3. The molecule has 6 N–H and O–H groups in total. The predicted octanol–water partition coefficient (Wildman–Crippen LogP) is 9.12. The Bertz CT molecular complexity index is 3330. The molecule has 6 aromatic rings. The number of para-hydroxylation sites is 2. The number of nitrogens with zero attached hydrogens (tertiary/aromatic N) is 4. The van der Waals surface area contributed by atoms with E-state index in [1.807, 2.05) is 109 Å². The van der Waals surface area contributed by atoms with Crippen LogP contribution in [0.5, 0.6) is 0 Å². The van der Waals surface area contributed by atoms with Gasteiger partial charge in [-0.2, -0.15) is 0 Å². The lowest BCUT2D eigenvalue weighted by Crippen LogP contribution is -2.62. The second kappa shape index (κ2) is 27.1. The van der Waals surface area contributed by atoms with Gasteiger partial charge in [-0.1, -0.05) is 143 Å². The van der Waals surface area contributed by atoms with Gasteiger partial charge in [-0.3, -0.25) is 29.0 Å². The Balaban J connectivity index is 0.000000194. The quantitative estimate of drug-likeness (QED) is 0.0787. The van der Waals surface area contributed by atoms with E-state index in [9.17, 15) is 51.4 Å². The number of carbonyl (C=O) groups is 6. The van der Waals surface area contributed by atoms with Crippen molar-refractivity contribution in [3.63, 3.8) is 0 Å². The average Bonchev–Trinajstić information content (AvgIpc) is 3.90. The molecule has 6 aromatic carbocycles. The van der Waals surface area contributed by atoms with Crippen LogP contribution in [0, 0.1) is 23.3 Å². The Morgan fingerprint density at radius 2 is 0.927 bits per heavy atom. The monoisotopic (exact) mass is 1120 g/mol. The average molecular weight is 1120 g/mol. The lowest BCUT2D eigenvalue weighted by molar-refractivity contribution is -0.149. The van der Waals surface area contributed by atoms with Crippen LogP contribution in [0.2, 0.25) is 0 Å². The van der Waals surface area contributed by atoms with Crippen molar-refractivity contribution < 1.29 is 51.4 Å². The van der Waals surface area contributed by atoms with Gasteiger partial charge in [0.2, 0.25) is 23.9 Å². The van der Waals surface area contributed by atoms with Gasteiger partial charge >= 0.3 is 5.97 Å². The van der Waals surface area contributed by atoms with E-state index < -0.39 is 76.3 Å². The van der Waals surface area contributed by atoms with Gasteiger partial charge in [0.05, 0.1) is 35.6 Å². The molecule has 2 heterocycles. The number of amides is 5. The number of hydrogen-bond donors (Lipinski definition) is 5.